The Bertz CT molecular complexity index is 1020. The Labute approximate surface area is 165 Å². The maximum atomic E-state index is 13.3. The molecule has 0 amide bonds. The molecule has 134 valence electrons. The first-order valence-corrected chi connectivity index (χ1v) is 9.99. The Morgan fingerprint density at radius 2 is 1.37 bits per heavy atom. The lowest BCUT2D eigenvalue weighted by Gasteiger charge is -2.20. The minimum Gasteiger partial charge on any atom is -0.288 e. The van der Waals surface area contributed by atoms with Crippen LogP contribution in [0.25, 0.3) is 5.57 Å². The molecule has 0 heterocycles. The fourth-order valence-corrected chi connectivity index (χ4v) is 4.43. The van der Waals surface area contributed by atoms with Gasteiger partial charge in [0.2, 0.25) is 5.78 Å². The third kappa shape index (κ3) is 3.38. The number of thioether (sulfide) groups is 1. The monoisotopic (exact) mass is 370 g/mol. The van der Waals surface area contributed by atoms with Gasteiger partial charge in [0.05, 0.1) is 4.91 Å². The highest BCUT2D eigenvalue weighted by atomic mass is 32.2. The van der Waals surface area contributed by atoms with E-state index in [0.29, 0.717) is 0 Å². The molecule has 0 unspecified atom stereocenters. The fraction of sp³-hybridized carbons (Fsp3) is 0.160. The standard InChI is InChI=1S/C25H22OS/c1-25(2,3)18-14-15-20-21(16-18)22(17-10-6-4-7-11-17)24(23(20)26)27-19-12-8-5-9-13-19/h4-16H,1-3H3. The topological polar surface area (TPSA) is 17.1 Å². The molecule has 0 spiro atoms. The summed E-state index contributed by atoms with van der Waals surface area (Å²) in [4.78, 5) is 15.2. The summed E-state index contributed by atoms with van der Waals surface area (Å²) in [7, 11) is 0. The van der Waals surface area contributed by atoms with Gasteiger partial charge in [-0.25, -0.2) is 0 Å². The zero-order valence-corrected chi connectivity index (χ0v) is 16.6. The molecule has 0 atom stereocenters. The molecule has 3 aromatic rings. The average Bonchev–Trinajstić information content (AvgIpc) is 2.94. The summed E-state index contributed by atoms with van der Waals surface area (Å²) in [6.45, 7) is 6.62. The quantitative estimate of drug-likeness (QED) is 0.508. The van der Waals surface area contributed by atoms with E-state index in [2.05, 4.69) is 57.2 Å². The Balaban J connectivity index is 1.92. The van der Waals surface area contributed by atoms with Crippen molar-refractivity contribution in [3.05, 3.63) is 106 Å². The van der Waals surface area contributed by atoms with E-state index in [1.54, 1.807) is 11.8 Å². The Kier molecular flexibility index (Phi) is 4.53. The summed E-state index contributed by atoms with van der Waals surface area (Å²) in [5, 5.41) is 0. The third-order valence-corrected chi connectivity index (χ3v) is 5.96. The van der Waals surface area contributed by atoms with Gasteiger partial charge >= 0.3 is 0 Å². The second-order valence-electron chi connectivity index (χ2n) is 7.82. The molecule has 1 nitrogen and oxygen atoms in total. The third-order valence-electron chi connectivity index (χ3n) is 4.86. The van der Waals surface area contributed by atoms with Gasteiger partial charge in [0.15, 0.2) is 0 Å². The number of hydrogen-bond donors (Lipinski definition) is 0. The highest BCUT2D eigenvalue weighted by molar-refractivity contribution is 8.04. The second-order valence-corrected chi connectivity index (χ2v) is 8.91. The minimum absolute atomic E-state index is 0.0369. The fourth-order valence-electron chi connectivity index (χ4n) is 3.37. The van der Waals surface area contributed by atoms with Gasteiger partial charge < -0.3 is 0 Å². The maximum Gasteiger partial charge on any atom is 0.200 e. The molecule has 1 aliphatic carbocycles. The van der Waals surface area contributed by atoms with Crippen molar-refractivity contribution in [1.29, 1.82) is 0 Å². The van der Waals surface area contributed by atoms with E-state index in [0.717, 1.165) is 32.1 Å². The van der Waals surface area contributed by atoms with Crippen LogP contribution in [0.15, 0.2) is 88.7 Å². The number of carbonyl (C=O) groups is 1. The van der Waals surface area contributed by atoms with Crippen molar-refractivity contribution < 1.29 is 4.79 Å². The van der Waals surface area contributed by atoms with Crippen molar-refractivity contribution in [3.8, 4) is 0 Å². The number of carbonyl (C=O) groups excluding carboxylic acids is 1. The van der Waals surface area contributed by atoms with E-state index in [-0.39, 0.29) is 11.2 Å². The van der Waals surface area contributed by atoms with Crippen molar-refractivity contribution in [2.75, 3.05) is 0 Å². The molecule has 27 heavy (non-hydrogen) atoms. The van der Waals surface area contributed by atoms with Crippen LogP contribution in [0.5, 0.6) is 0 Å². The summed E-state index contributed by atoms with van der Waals surface area (Å²) >= 11 is 1.56. The van der Waals surface area contributed by atoms with Crippen molar-refractivity contribution in [2.45, 2.75) is 31.1 Å². The first kappa shape index (κ1) is 17.8. The SMILES string of the molecule is CC(C)(C)c1ccc2c(c1)C(c1ccccc1)=C(Sc1ccccc1)C2=O. The van der Waals surface area contributed by atoms with Crippen LogP contribution < -0.4 is 0 Å². The van der Waals surface area contributed by atoms with Gasteiger partial charge in [0.1, 0.15) is 0 Å². The number of rotatable bonds is 3. The van der Waals surface area contributed by atoms with Gasteiger partial charge in [-0.1, -0.05) is 93.2 Å². The number of hydrogen-bond acceptors (Lipinski definition) is 2. The minimum atomic E-state index is 0.0369. The normalized spacial score (nSPS) is 13.8. The molecular formula is C25H22OS. The van der Waals surface area contributed by atoms with Crippen LogP contribution in [0.3, 0.4) is 0 Å². The molecule has 1 aliphatic rings. The van der Waals surface area contributed by atoms with Gasteiger partial charge in [-0.05, 0) is 40.3 Å². The summed E-state index contributed by atoms with van der Waals surface area (Å²) in [6, 6.07) is 26.7. The molecule has 0 radical (unpaired) electrons. The van der Waals surface area contributed by atoms with Gasteiger partial charge in [0, 0.05) is 16.0 Å². The number of ketones is 1. The highest BCUT2D eigenvalue weighted by Crippen LogP contribution is 2.45. The van der Waals surface area contributed by atoms with Crippen LogP contribution in [0.1, 0.15) is 47.8 Å². The van der Waals surface area contributed by atoms with Crippen molar-refractivity contribution in [2.24, 2.45) is 0 Å². The van der Waals surface area contributed by atoms with Gasteiger partial charge in [0.25, 0.3) is 0 Å². The zero-order valence-electron chi connectivity index (χ0n) is 15.8. The number of fused-ring (bicyclic) bond motifs is 1. The molecule has 0 aliphatic heterocycles. The highest BCUT2D eigenvalue weighted by Gasteiger charge is 2.32. The molecule has 0 aromatic heterocycles. The lowest BCUT2D eigenvalue weighted by Crippen LogP contribution is -2.11. The molecule has 2 heteroatoms. The molecule has 0 fully saturated rings. The smallest absolute Gasteiger partial charge is 0.200 e. The molecule has 0 bridgehead atoms. The summed E-state index contributed by atoms with van der Waals surface area (Å²) in [6.07, 6.45) is 0. The molecular weight excluding hydrogens is 348 g/mol. The van der Waals surface area contributed by atoms with Crippen LogP contribution in [0, 0.1) is 0 Å². The number of allylic oxidation sites excluding steroid dienone is 1. The van der Waals surface area contributed by atoms with Crippen molar-refractivity contribution in [3.63, 3.8) is 0 Å². The first-order chi connectivity index (χ1) is 12.9. The van der Waals surface area contributed by atoms with Crippen LogP contribution in [0.4, 0.5) is 0 Å². The Morgan fingerprint density at radius 1 is 0.741 bits per heavy atom. The average molecular weight is 371 g/mol. The molecule has 0 N–H and O–H groups in total. The summed E-state index contributed by atoms with van der Waals surface area (Å²) < 4.78 is 0. The summed E-state index contributed by atoms with van der Waals surface area (Å²) in [5.74, 6) is 0.123. The van der Waals surface area contributed by atoms with E-state index in [1.165, 1.54) is 5.56 Å². The van der Waals surface area contributed by atoms with E-state index in [4.69, 9.17) is 0 Å². The van der Waals surface area contributed by atoms with Crippen LogP contribution in [0.2, 0.25) is 0 Å². The predicted molar refractivity (Wildman–Crippen MR) is 114 cm³/mol. The van der Waals surface area contributed by atoms with E-state index in [9.17, 15) is 4.79 Å². The van der Waals surface area contributed by atoms with Crippen LogP contribution in [-0.2, 0) is 5.41 Å². The van der Waals surface area contributed by atoms with Crippen molar-refractivity contribution >= 4 is 23.1 Å². The van der Waals surface area contributed by atoms with E-state index >= 15 is 0 Å². The summed E-state index contributed by atoms with van der Waals surface area (Å²) in [5.41, 5.74) is 5.28. The number of benzene rings is 3. The molecule has 0 saturated carbocycles. The number of Topliss-reactive ketones (excluding diaryl/α,β-unsaturated/α-hetero) is 1. The lowest BCUT2D eigenvalue weighted by atomic mass is 9.84. The van der Waals surface area contributed by atoms with Gasteiger partial charge in [-0.2, -0.15) is 0 Å². The molecule has 3 aromatic carbocycles. The van der Waals surface area contributed by atoms with E-state index < -0.39 is 0 Å². The lowest BCUT2D eigenvalue weighted by molar-refractivity contribution is 0.104. The van der Waals surface area contributed by atoms with Gasteiger partial charge in [-0.3, -0.25) is 4.79 Å². The Hall–Kier alpha value is -2.58. The first-order valence-electron chi connectivity index (χ1n) is 9.17. The van der Waals surface area contributed by atoms with Crippen molar-refractivity contribution in [1.82, 2.24) is 0 Å². The molecule has 4 rings (SSSR count). The zero-order chi connectivity index (χ0) is 19.0. The Morgan fingerprint density at radius 3 is 2.00 bits per heavy atom. The van der Waals surface area contributed by atoms with E-state index in [1.807, 2.05) is 42.5 Å². The second kappa shape index (κ2) is 6.86. The predicted octanol–water partition coefficient (Wildman–Crippen LogP) is 6.73. The van der Waals surface area contributed by atoms with Gasteiger partial charge in [-0.15, -0.1) is 0 Å². The van der Waals surface area contributed by atoms with Crippen LogP contribution >= 0.6 is 11.8 Å². The largest absolute Gasteiger partial charge is 0.288 e. The molecule has 0 saturated heterocycles. The maximum absolute atomic E-state index is 13.3. The van der Waals surface area contributed by atoms with Crippen LogP contribution in [-0.4, -0.2) is 5.78 Å².